The predicted octanol–water partition coefficient (Wildman–Crippen LogP) is 5.50. The number of piperazine rings is 1. The summed E-state index contributed by atoms with van der Waals surface area (Å²) in [4.78, 5) is 17.6. The van der Waals surface area contributed by atoms with Gasteiger partial charge in [0.05, 0.1) is 18.0 Å². The molecular formula is C32H52N4O2. The van der Waals surface area contributed by atoms with Gasteiger partial charge in [-0.15, -0.1) is 0 Å². The van der Waals surface area contributed by atoms with Crippen LogP contribution in [0.15, 0.2) is 12.4 Å². The molecule has 1 N–H and O–H groups in total. The monoisotopic (exact) mass is 524 g/mol. The van der Waals surface area contributed by atoms with Gasteiger partial charge in [0, 0.05) is 45.8 Å². The van der Waals surface area contributed by atoms with Crippen molar-refractivity contribution in [3.05, 3.63) is 12.4 Å². The summed E-state index contributed by atoms with van der Waals surface area (Å²) in [6.45, 7) is 11.1. The van der Waals surface area contributed by atoms with Gasteiger partial charge in [0.15, 0.2) is 0 Å². The Kier molecular flexibility index (Phi) is 7.10. The minimum atomic E-state index is -0.0528. The molecule has 5 fully saturated rings. The Morgan fingerprint density at radius 1 is 1.03 bits per heavy atom. The Hall–Kier alpha value is -1.56. The van der Waals surface area contributed by atoms with Gasteiger partial charge in [-0.2, -0.15) is 5.10 Å². The Morgan fingerprint density at radius 2 is 1.76 bits per heavy atom. The summed E-state index contributed by atoms with van der Waals surface area (Å²) in [7, 11) is 1.95. The van der Waals surface area contributed by atoms with Crippen molar-refractivity contribution >= 4 is 11.6 Å². The van der Waals surface area contributed by atoms with Crippen molar-refractivity contribution in [1.82, 2.24) is 14.7 Å². The van der Waals surface area contributed by atoms with Gasteiger partial charge in [-0.05, 0) is 111 Å². The number of hydrogen-bond donors (Lipinski definition) is 1. The summed E-state index contributed by atoms with van der Waals surface area (Å²) in [6, 6.07) is 0. The number of aryl methyl sites for hydroxylation is 1. The van der Waals surface area contributed by atoms with Crippen molar-refractivity contribution in [2.24, 2.45) is 53.4 Å². The molecule has 6 nitrogen and oxygen atoms in total. The average molecular weight is 525 g/mol. The number of carbonyl (C=O) groups is 1. The van der Waals surface area contributed by atoms with Crippen LogP contribution in [0.3, 0.4) is 0 Å². The first-order valence-corrected chi connectivity index (χ1v) is 15.9. The molecule has 0 radical (unpaired) electrons. The van der Waals surface area contributed by atoms with Gasteiger partial charge < -0.3 is 14.9 Å². The zero-order valence-electron chi connectivity index (χ0n) is 24.4. The summed E-state index contributed by atoms with van der Waals surface area (Å²) in [6.07, 6.45) is 17.3. The summed E-state index contributed by atoms with van der Waals surface area (Å²) < 4.78 is 1.85. The molecule has 38 heavy (non-hydrogen) atoms. The molecule has 0 spiro atoms. The maximum absolute atomic E-state index is 13.2. The summed E-state index contributed by atoms with van der Waals surface area (Å²) in [5, 5.41) is 14.6. The number of aliphatic hydroxyl groups excluding tert-OH is 1. The number of carbonyl (C=O) groups excluding carboxylic acids is 1. The Morgan fingerprint density at radius 3 is 2.50 bits per heavy atom. The zero-order chi connectivity index (χ0) is 26.7. The molecular weight excluding hydrogens is 472 g/mol. The third kappa shape index (κ3) is 4.51. The molecule has 0 bridgehead atoms. The highest BCUT2D eigenvalue weighted by atomic mass is 16.3. The number of aromatic nitrogens is 2. The third-order valence-corrected chi connectivity index (χ3v) is 12.9. The quantitative estimate of drug-likeness (QED) is 0.552. The van der Waals surface area contributed by atoms with Crippen molar-refractivity contribution in [2.45, 2.75) is 97.5 Å². The molecule has 4 saturated carbocycles. The molecule has 1 aromatic heterocycles. The van der Waals surface area contributed by atoms with E-state index in [0.717, 1.165) is 80.7 Å². The fourth-order valence-electron chi connectivity index (χ4n) is 10.7. The number of rotatable bonds is 5. The van der Waals surface area contributed by atoms with Gasteiger partial charge in [0.1, 0.15) is 0 Å². The second-order valence-corrected chi connectivity index (χ2v) is 14.6. The average Bonchev–Trinajstić information content (AvgIpc) is 3.50. The van der Waals surface area contributed by atoms with E-state index in [1.165, 1.54) is 44.9 Å². The Balaban J connectivity index is 1.03. The van der Waals surface area contributed by atoms with Crippen LogP contribution in [-0.4, -0.2) is 58.0 Å². The van der Waals surface area contributed by atoms with Gasteiger partial charge >= 0.3 is 0 Å². The van der Waals surface area contributed by atoms with E-state index >= 15 is 0 Å². The largest absolute Gasteiger partial charge is 0.393 e. The first kappa shape index (κ1) is 26.7. The number of nitrogens with zero attached hydrogens (tertiary/aromatic N) is 4. The number of aliphatic hydroxyl groups is 1. The normalized spacial score (nSPS) is 41.8. The van der Waals surface area contributed by atoms with E-state index in [1.807, 2.05) is 17.9 Å². The van der Waals surface area contributed by atoms with Crippen LogP contribution in [0.5, 0.6) is 0 Å². The van der Waals surface area contributed by atoms with Crippen LogP contribution in [0.1, 0.15) is 91.4 Å². The second-order valence-electron chi connectivity index (χ2n) is 14.6. The summed E-state index contributed by atoms with van der Waals surface area (Å²) in [5.74, 6) is 5.12. The SMILES string of the molecule is CC(CCC(=O)N1CCN(c2cnn(C)c2)CC1)[C@H]1CC[C@H]2[C@@H]3CC[C@H]4C[C@@H](O)CC[C@]4(C)[C@H]3CC[C@]12C. The van der Waals surface area contributed by atoms with Crippen LogP contribution in [0, 0.1) is 46.3 Å². The third-order valence-electron chi connectivity index (χ3n) is 12.9. The van der Waals surface area contributed by atoms with Gasteiger partial charge in [-0.25, -0.2) is 0 Å². The molecule has 1 amide bonds. The van der Waals surface area contributed by atoms with Gasteiger partial charge in [-0.1, -0.05) is 20.8 Å². The van der Waals surface area contributed by atoms with Crippen LogP contribution in [-0.2, 0) is 11.8 Å². The van der Waals surface area contributed by atoms with E-state index < -0.39 is 0 Å². The van der Waals surface area contributed by atoms with Gasteiger partial charge in [-0.3, -0.25) is 9.48 Å². The molecule has 4 aliphatic carbocycles. The maximum Gasteiger partial charge on any atom is 0.222 e. The first-order chi connectivity index (χ1) is 18.2. The lowest BCUT2D eigenvalue weighted by Gasteiger charge is -2.61. The fraction of sp³-hybridized carbons (Fsp3) is 0.875. The molecule has 6 heteroatoms. The molecule has 2 heterocycles. The molecule has 6 rings (SSSR count). The van der Waals surface area contributed by atoms with Crippen LogP contribution in [0.2, 0.25) is 0 Å². The van der Waals surface area contributed by atoms with Crippen molar-refractivity contribution in [1.29, 1.82) is 0 Å². The van der Waals surface area contributed by atoms with Crippen LogP contribution in [0.25, 0.3) is 0 Å². The minimum Gasteiger partial charge on any atom is -0.393 e. The highest BCUT2D eigenvalue weighted by molar-refractivity contribution is 5.76. The fourth-order valence-corrected chi connectivity index (χ4v) is 10.7. The predicted molar refractivity (Wildman–Crippen MR) is 152 cm³/mol. The number of hydrogen-bond acceptors (Lipinski definition) is 4. The van der Waals surface area contributed by atoms with E-state index in [1.54, 1.807) is 0 Å². The van der Waals surface area contributed by atoms with E-state index in [2.05, 4.69) is 41.9 Å². The minimum absolute atomic E-state index is 0.0528. The van der Waals surface area contributed by atoms with Crippen LogP contribution in [0.4, 0.5) is 5.69 Å². The van der Waals surface area contributed by atoms with E-state index in [-0.39, 0.29) is 6.10 Å². The standard InChI is InChI=1S/C32H52N4O2/c1-22(5-10-30(38)36-17-15-35(16-18-36)24-20-33-34(4)21-24)27-8-9-28-26-7-6-23-19-25(37)11-13-31(23,2)29(26)12-14-32(27,28)3/h20-23,25-29,37H,5-19H2,1-4H3/t22?,23-,25-,26-,27+,28-,29-,31-,32+/m0/s1. The van der Waals surface area contributed by atoms with Crippen molar-refractivity contribution in [2.75, 3.05) is 31.1 Å². The number of anilines is 1. The highest BCUT2D eigenvalue weighted by Gasteiger charge is 2.60. The molecule has 5 aliphatic rings. The lowest BCUT2D eigenvalue weighted by molar-refractivity contribution is -0.133. The lowest BCUT2D eigenvalue weighted by Crippen LogP contribution is -2.54. The summed E-state index contributed by atoms with van der Waals surface area (Å²) in [5.41, 5.74) is 2.08. The second kappa shape index (κ2) is 10.1. The molecule has 212 valence electrons. The van der Waals surface area contributed by atoms with E-state index in [0.29, 0.717) is 29.1 Å². The van der Waals surface area contributed by atoms with E-state index in [9.17, 15) is 9.90 Å². The van der Waals surface area contributed by atoms with Crippen molar-refractivity contribution in [3.8, 4) is 0 Å². The first-order valence-electron chi connectivity index (χ1n) is 15.9. The summed E-state index contributed by atoms with van der Waals surface area (Å²) >= 11 is 0. The van der Waals surface area contributed by atoms with Crippen molar-refractivity contribution < 1.29 is 9.90 Å². The molecule has 9 atom stereocenters. The molecule has 1 unspecified atom stereocenters. The van der Waals surface area contributed by atoms with Gasteiger partial charge in [0.25, 0.3) is 0 Å². The molecule has 1 saturated heterocycles. The van der Waals surface area contributed by atoms with E-state index in [4.69, 9.17) is 0 Å². The smallest absolute Gasteiger partial charge is 0.222 e. The van der Waals surface area contributed by atoms with Gasteiger partial charge in [0.2, 0.25) is 5.91 Å². The Bertz CT molecular complexity index is 1000. The zero-order valence-corrected chi connectivity index (χ0v) is 24.4. The molecule has 0 aromatic carbocycles. The number of fused-ring (bicyclic) bond motifs is 5. The highest BCUT2D eigenvalue weighted by Crippen LogP contribution is 2.68. The Labute approximate surface area is 230 Å². The maximum atomic E-state index is 13.2. The topological polar surface area (TPSA) is 61.6 Å². The van der Waals surface area contributed by atoms with Crippen LogP contribution >= 0.6 is 0 Å². The van der Waals surface area contributed by atoms with Crippen LogP contribution < -0.4 is 4.90 Å². The number of amides is 1. The molecule has 1 aromatic rings. The lowest BCUT2D eigenvalue weighted by atomic mass is 9.44. The molecule has 1 aliphatic heterocycles. The van der Waals surface area contributed by atoms with Crippen molar-refractivity contribution in [3.63, 3.8) is 0 Å².